The lowest BCUT2D eigenvalue weighted by molar-refractivity contribution is -0.150. The van der Waals surface area contributed by atoms with Gasteiger partial charge in [0.1, 0.15) is 13.1 Å². The summed E-state index contributed by atoms with van der Waals surface area (Å²) < 4.78 is 0. The fourth-order valence-corrected chi connectivity index (χ4v) is 3.32. The number of aliphatic carboxylic acids is 1. The molecule has 7 nitrogen and oxygen atoms in total. The summed E-state index contributed by atoms with van der Waals surface area (Å²) in [4.78, 5) is 50.0. The average Bonchev–Trinajstić information content (AvgIpc) is 2.70. The van der Waals surface area contributed by atoms with E-state index < -0.39 is 18.4 Å². The largest absolute Gasteiger partial charge is 0.480 e. The summed E-state index contributed by atoms with van der Waals surface area (Å²) in [6, 6.07) is -0.307. The molecule has 2 unspecified atom stereocenters. The average molecular weight is 310 g/mol. The number of carboxylic acids is 1. The predicted octanol–water partition coefficient (Wildman–Crippen LogP) is 0.483. The van der Waals surface area contributed by atoms with Crippen molar-refractivity contribution in [3.05, 3.63) is 0 Å². The van der Waals surface area contributed by atoms with Gasteiger partial charge in [-0.05, 0) is 26.7 Å². The zero-order chi connectivity index (χ0) is 16.4. The number of imide groups is 1. The maximum absolute atomic E-state index is 12.3. The van der Waals surface area contributed by atoms with Gasteiger partial charge < -0.3 is 10.0 Å². The van der Waals surface area contributed by atoms with Crippen molar-refractivity contribution in [1.29, 1.82) is 0 Å². The first kappa shape index (κ1) is 16.5. The van der Waals surface area contributed by atoms with Crippen LogP contribution >= 0.6 is 0 Å². The van der Waals surface area contributed by atoms with Crippen LogP contribution in [0.25, 0.3) is 0 Å². The van der Waals surface area contributed by atoms with Crippen LogP contribution in [0.3, 0.4) is 0 Å². The van der Waals surface area contributed by atoms with Crippen LogP contribution in [0, 0.1) is 11.8 Å². The monoisotopic (exact) mass is 310 g/mol. The molecule has 0 aromatic heterocycles. The number of likely N-dealkylation sites (tertiary alicyclic amines) is 1. The van der Waals surface area contributed by atoms with Crippen LogP contribution in [-0.4, -0.2) is 57.7 Å². The Bertz CT molecular complexity index is 478. The minimum Gasteiger partial charge on any atom is -0.480 e. The number of rotatable bonds is 5. The molecule has 2 fully saturated rings. The van der Waals surface area contributed by atoms with Crippen molar-refractivity contribution in [1.82, 2.24) is 9.80 Å². The van der Waals surface area contributed by atoms with Crippen molar-refractivity contribution < 1.29 is 24.3 Å². The van der Waals surface area contributed by atoms with Crippen molar-refractivity contribution >= 4 is 23.7 Å². The van der Waals surface area contributed by atoms with E-state index in [0.29, 0.717) is 12.8 Å². The van der Waals surface area contributed by atoms with Gasteiger partial charge in [-0.3, -0.25) is 24.1 Å². The molecule has 1 aliphatic carbocycles. The van der Waals surface area contributed by atoms with E-state index in [4.69, 9.17) is 5.11 Å². The summed E-state index contributed by atoms with van der Waals surface area (Å²) in [6.45, 7) is 2.62. The molecule has 0 spiro atoms. The third-order valence-electron chi connectivity index (χ3n) is 4.48. The first-order chi connectivity index (χ1) is 10.3. The Kier molecular flexibility index (Phi) is 4.83. The van der Waals surface area contributed by atoms with Crippen molar-refractivity contribution in [3.63, 3.8) is 0 Å². The van der Waals surface area contributed by atoms with Crippen LogP contribution in [0.15, 0.2) is 0 Å². The standard InChI is InChI=1S/C15H22N2O5/c1-9(2)16(8-13(19)20)12(18)7-17-14(21)10-5-3-4-6-11(10)15(17)22/h9-11H,3-8H2,1-2H3,(H,19,20). The van der Waals surface area contributed by atoms with Gasteiger partial charge in [0.25, 0.3) is 0 Å². The topological polar surface area (TPSA) is 95.0 Å². The van der Waals surface area contributed by atoms with Crippen molar-refractivity contribution in [2.75, 3.05) is 13.1 Å². The molecule has 0 aromatic carbocycles. The van der Waals surface area contributed by atoms with E-state index in [1.807, 2.05) is 0 Å². The van der Waals surface area contributed by atoms with E-state index in [0.717, 1.165) is 17.7 Å². The van der Waals surface area contributed by atoms with Gasteiger partial charge in [0.15, 0.2) is 0 Å². The van der Waals surface area contributed by atoms with Crippen LogP contribution in [-0.2, 0) is 19.2 Å². The molecule has 1 saturated carbocycles. The molecule has 1 N–H and O–H groups in total. The first-order valence-corrected chi connectivity index (χ1v) is 7.69. The van der Waals surface area contributed by atoms with Gasteiger partial charge in [0.2, 0.25) is 17.7 Å². The zero-order valence-corrected chi connectivity index (χ0v) is 12.9. The number of amides is 3. The van der Waals surface area contributed by atoms with Crippen LogP contribution in [0.2, 0.25) is 0 Å². The molecule has 0 bridgehead atoms. The van der Waals surface area contributed by atoms with Crippen LogP contribution in [0.4, 0.5) is 0 Å². The predicted molar refractivity (Wildman–Crippen MR) is 76.7 cm³/mol. The summed E-state index contributed by atoms with van der Waals surface area (Å²) in [7, 11) is 0. The fraction of sp³-hybridized carbons (Fsp3) is 0.733. The van der Waals surface area contributed by atoms with E-state index in [-0.39, 0.29) is 36.2 Å². The molecular formula is C15H22N2O5. The lowest BCUT2D eigenvalue weighted by Crippen LogP contribution is -2.47. The highest BCUT2D eigenvalue weighted by Gasteiger charge is 2.48. The highest BCUT2D eigenvalue weighted by molar-refractivity contribution is 6.07. The highest BCUT2D eigenvalue weighted by atomic mass is 16.4. The number of carbonyl (C=O) groups excluding carboxylic acids is 3. The Morgan fingerprint density at radius 2 is 1.68 bits per heavy atom. The maximum atomic E-state index is 12.3. The number of fused-ring (bicyclic) bond motifs is 1. The molecule has 0 aromatic rings. The van der Waals surface area contributed by atoms with E-state index in [9.17, 15) is 19.2 Å². The molecule has 1 aliphatic heterocycles. The second kappa shape index (κ2) is 6.46. The van der Waals surface area contributed by atoms with Crippen LogP contribution in [0.5, 0.6) is 0 Å². The van der Waals surface area contributed by atoms with Gasteiger partial charge in [-0.25, -0.2) is 0 Å². The Labute approximate surface area is 129 Å². The van der Waals surface area contributed by atoms with E-state index in [2.05, 4.69) is 0 Å². The Hall–Kier alpha value is -1.92. The second-order valence-electron chi connectivity index (χ2n) is 6.27. The Morgan fingerprint density at radius 3 is 2.09 bits per heavy atom. The quantitative estimate of drug-likeness (QED) is 0.745. The minimum atomic E-state index is -1.12. The van der Waals surface area contributed by atoms with Crippen molar-refractivity contribution in [2.24, 2.45) is 11.8 Å². The lowest BCUT2D eigenvalue weighted by Gasteiger charge is -2.26. The summed E-state index contributed by atoms with van der Waals surface area (Å²) in [6.07, 6.45) is 3.25. The van der Waals surface area contributed by atoms with Crippen LogP contribution < -0.4 is 0 Å². The van der Waals surface area contributed by atoms with Gasteiger partial charge >= 0.3 is 5.97 Å². The van der Waals surface area contributed by atoms with Gasteiger partial charge in [0.05, 0.1) is 11.8 Å². The Morgan fingerprint density at radius 1 is 1.18 bits per heavy atom. The zero-order valence-electron chi connectivity index (χ0n) is 12.9. The van der Waals surface area contributed by atoms with Crippen LogP contribution in [0.1, 0.15) is 39.5 Å². The fourth-order valence-electron chi connectivity index (χ4n) is 3.32. The number of carboxylic acid groups (broad SMARTS) is 1. The molecule has 122 valence electrons. The molecule has 0 radical (unpaired) electrons. The Balaban J connectivity index is 2.08. The lowest BCUT2D eigenvalue weighted by atomic mass is 9.81. The van der Waals surface area contributed by atoms with E-state index in [1.54, 1.807) is 13.8 Å². The SMILES string of the molecule is CC(C)N(CC(=O)O)C(=O)CN1C(=O)C2CCCCC2C1=O. The number of nitrogens with zero attached hydrogens (tertiary/aromatic N) is 2. The summed E-state index contributed by atoms with van der Waals surface area (Å²) in [5.74, 6) is -2.75. The number of carbonyl (C=O) groups is 4. The maximum Gasteiger partial charge on any atom is 0.323 e. The summed E-state index contributed by atoms with van der Waals surface area (Å²) >= 11 is 0. The molecule has 3 amide bonds. The minimum absolute atomic E-state index is 0.276. The molecule has 2 aliphatic rings. The van der Waals surface area contributed by atoms with Gasteiger partial charge in [-0.2, -0.15) is 0 Å². The van der Waals surface area contributed by atoms with Crippen molar-refractivity contribution in [2.45, 2.75) is 45.6 Å². The molecular weight excluding hydrogens is 288 g/mol. The third-order valence-corrected chi connectivity index (χ3v) is 4.48. The normalized spacial score (nSPS) is 24.6. The van der Waals surface area contributed by atoms with Gasteiger partial charge in [-0.15, -0.1) is 0 Å². The van der Waals surface area contributed by atoms with Gasteiger partial charge in [-0.1, -0.05) is 12.8 Å². The molecule has 1 saturated heterocycles. The molecule has 2 atom stereocenters. The van der Waals surface area contributed by atoms with Gasteiger partial charge in [0, 0.05) is 6.04 Å². The number of hydrogen-bond acceptors (Lipinski definition) is 4. The molecule has 7 heteroatoms. The van der Waals surface area contributed by atoms with Crippen molar-refractivity contribution in [3.8, 4) is 0 Å². The molecule has 22 heavy (non-hydrogen) atoms. The summed E-state index contributed by atoms with van der Waals surface area (Å²) in [5.41, 5.74) is 0. The third kappa shape index (κ3) is 3.13. The second-order valence-corrected chi connectivity index (χ2v) is 6.27. The van der Waals surface area contributed by atoms with E-state index in [1.165, 1.54) is 4.90 Å². The highest BCUT2D eigenvalue weighted by Crippen LogP contribution is 2.37. The smallest absolute Gasteiger partial charge is 0.323 e. The molecule has 1 heterocycles. The first-order valence-electron chi connectivity index (χ1n) is 7.69. The number of hydrogen-bond donors (Lipinski definition) is 1. The molecule has 2 rings (SSSR count). The summed E-state index contributed by atoms with van der Waals surface area (Å²) in [5, 5.41) is 8.87. The van der Waals surface area contributed by atoms with E-state index >= 15 is 0 Å².